The summed E-state index contributed by atoms with van der Waals surface area (Å²) in [7, 11) is 0. The number of hydrogen-bond acceptors (Lipinski definition) is 4. The summed E-state index contributed by atoms with van der Waals surface area (Å²) in [5.41, 5.74) is 6.39. The van der Waals surface area contributed by atoms with Gasteiger partial charge < -0.3 is 14.9 Å². The number of nitrogens with zero attached hydrogens (tertiary/aromatic N) is 1. The number of nitrogen functional groups attached to an aromatic ring is 1. The van der Waals surface area contributed by atoms with Crippen molar-refractivity contribution in [2.45, 2.75) is 13.5 Å². The molecule has 0 amide bonds. The minimum absolute atomic E-state index is 0.0570. The Bertz CT molecular complexity index is 442. The maximum Gasteiger partial charge on any atom is 0.221 e. The van der Waals surface area contributed by atoms with Crippen LogP contribution in [0.15, 0.2) is 16.5 Å². The molecule has 0 aliphatic rings. The molecule has 15 heavy (non-hydrogen) atoms. The second kappa shape index (κ2) is 3.86. The predicted molar refractivity (Wildman–Crippen MR) is 53.7 cm³/mol. The number of fused-ring (bicyclic) bond motifs is 1. The van der Waals surface area contributed by atoms with Crippen LogP contribution < -0.4 is 5.73 Å². The van der Waals surface area contributed by atoms with E-state index in [4.69, 9.17) is 14.9 Å². The van der Waals surface area contributed by atoms with Crippen LogP contribution in [0.25, 0.3) is 11.1 Å². The van der Waals surface area contributed by atoms with Gasteiger partial charge in [0.25, 0.3) is 0 Å². The van der Waals surface area contributed by atoms with Gasteiger partial charge >= 0.3 is 0 Å². The Labute approximate surface area is 85.8 Å². The van der Waals surface area contributed by atoms with E-state index in [0.29, 0.717) is 23.6 Å². The lowest BCUT2D eigenvalue weighted by Gasteiger charge is -1.93. The lowest BCUT2D eigenvalue weighted by atomic mass is 10.3. The monoisotopic (exact) mass is 210 g/mol. The molecule has 5 heteroatoms. The molecule has 0 bridgehead atoms. The largest absolute Gasteiger partial charge is 0.438 e. The molecule has 4 nitrogen and oxygen atoms in total. The molecule has 0 aliphatic heterocycles. The van der Waals surface area contributed by atoms with E-state index in [1.54, 1.807) is 0 Å². The lowest BCUT2D eigenvalue weighted by molar-refractivity contribution is 0.116. The standard InChI is InChI=1S/C10H11FN2O2/c1-2-14-5-10-13-8-3-6(11)7(12)4-9(8)15-10/h3-4H,2,5,12H2,1H3. The molecule has 2 N–H and O–H groups in total. The van der Waals surface area contributed by atoms with Gasteiger partial charge in [-0.1, -0.05) is 0 Å². The number of halogens is 1. The molecule has 2 rings (SSSR count). The molecule has 1 aromatic carbocycles. The van der Waals surface area contributed by atoms with Crippen molar-refractivity contribution in [1.29, 1.82) is 0 Å². The molecule has 0 unspecified atom stereocenters. The van der Waals surface area contributed by atoms with Crippen molar-refractivity contribution in [3.63, 3.8) is 0 Å². The third kappa shape index (κ3) is 1.92. The Kier molecular flexibility index (Phi) is 2.55. The van der Waals surface area contributed by atoms with Crippen molar-refractivity contribution in [1.82, 2.24) is 4.98 Å². The summed E-state index contributed by atoms with van der Waals surface area (Å²) < 4.78 is 23.5. The normalized spacial score (nSPS) is 11.1. The van der Waals surface area contributed by atoms with Gasteiger partial charge in [-0.3, -0.25) is 0 Å². The number of rotatable bonds is 3. The van der Waals surface area contributed by atoms with Crippen molar-refractivity contribution < 1.29 is 13.5 Å². The second-order valence-electron chi connectivity index (χ2n) is 3.09. The molecule has 0 atom stereocenters. The maximum absolute atomic E-state index is 13.1. The first-order valence-corrected chi connectivity index (χ1v) is 4.63. The minimum Gasteiger partial charge on any atom is -0.438 e. The number of aromatic nitrogens is 1. The summed E-state index contributed by atoms with van der Waals surface area (Å²) in [4.78, 5) is 4.06. The van der Waals surface area contributed by atoms with Crippen LogP contribution in [0.5, 0.6) is 0 Å². The summed E-state index contributed by atoms with van der Waals surface area (Å²) >= 11 is 0. The molecule has 0 radical (unpaired) electrons. The van der Waals surface area contributed by atoms with Crippen LogP contribution in [-0.4, -0.2) is 11.6 Å². The fourth-order valence-corrected chi connectivity index (χ4v) is 1.26. The third-order valence-corrected chi connectivity index (χ3v) is 1.98. The summed E-state index contributed by atoms with van der Waals surface area (Å²) in [6, 6.07) is 2.68. The molecule has 0 fully saturated rings. The first kappa shape index (κ1) is 9.92. The number of ether oxygens (including phenoxy) is 1. The molecule has 0 saturated carbocycles. The van der Waals surface area contributed by atoms with Gasteiger partial charge in [-0.25, -0.2) is 9.37 Å². The highest BCUT2D eigenvalue weighted by Gasteiger charge is 2.08. The highest BCUT2D eigenvalue weighted by atomic mass is 19.1. The Hall–Kier alpha value is -1.62. The summed E-state index contributed by atoms with van der Waals surface area (Å²) in [5.74, 6) is -0.0596. The van der Waals surface area contributed by atoms with Crippen LogP contribution in [0.1, 0.15) is 12.8 Å². The third-order valence-electron chi connectivity index (χ3n) is 1.98. The average molecular weight is 210 g/mol. The predicted octanol–water partition coefficient (Wildman–Crippen LogP) is 2.09. The van der Waals surface area contributed by atoms with Crippen LogP contribution in [0.2, 0.25) is 0 Å². The Morgan fingerprint density at radius 1 is 1.53 bits per heavy atom. The number of nitrogens with two attached hydrogens (primary N) is 1. The van der Waals surface area contributed by atoms with E-state index in [2.05, 4.69) is 4.98 Å². The van der Waals surface area contributed by atoms with Crippen molar-refractivity contribution >= 4 is 16.8 Å². The van der Waals surface area contributed by atoms with E-state index in [9.17, 15) is 4.39 Å². The quantitative estimate of drug-likeness (QED) is 0.788. The van der Waals surface area contributed by atoms with Gasteiger partial charge in [0.15, 0.2) is 5.58 Å². The smallest absolute Gasteiger partial charge is 0.221 e. The van der Waals surface area contributed by atoms with Gasteiger partial charge in [0, 0.05) is 18.7 Å². The van der Waals surface area contributed by atoms with Crippen molar-refractivity contribution in [3.8, 4) is 0 Å². The maximum atomic E-state index is 13.1. The minimum atomic E-state index is -0.487. The Morgan fingerprint density at radius 3 is 3.07 bits per heavy atom. The molecular formula is C10H11FN2O2. The lowest BCUT2D eigenvalue weighted by Crippen LogP contribution is -1.91. The summed E-state index contributed by atoms with van der Waals surface area (Å²) in [6.45, 7) is 2.74. The molecule has 0 saturated heterocycles. The van der Waals surface area contributed by atoms with Gasteiger partial charge in [0.2, 0.25) is 5.89 Å². The van der Waals surface area contributed by atoms with Crippen molar-refractivity contribution in [2.24, 2.45) is 0 Å². The van der Waals surface area contributed by atoms with Crippen LogP contribution in [0.3, 0.4) is 0 Å². The Balaban J connectivity index is 2.38. The van der Waals surface area contributed by atoms with Gasteiger partial charge in [0.05, 0.1) is 5.69 Å². The van der Waals surface area contributed by atoms with Crippen LogP contribution in [0, 0.1) is 5.82 Å². The van der Waals surface area contributed by atoms with E-state index < -0.39 is 5.82 Å². The highest BCUT2D eigenvalue weighted by molar-refractivity contribution is 5.76. The first-order chi connectivity index (χ1) is 7.20. The average Bonchev–Trinajstić information content (AvgIpc) is 2.58. The fourth-order valence-electron chi connectivity index (χ4n) is 1.26. The summed E-state index contributed by atoms with van der Waals surface area (Å²) in [5, 5.41) is 0. The molecule has 1 aromatic heterocycles. The number of benzene rings is 1. The topological polar surface area (TPSA) is 61.3 Å². The zero-order chi connectivity index (χ0) is 10.8. The number of hydrogen-bond donors (Lipinski definition) is 1. The molecule has 2 aromatic rings. The van der Waals surface area contributed by atoms with Crippen LogP contribution in [0.4, 0.5) is 10.1 Å². The van der Waals surface area contributed by atoms with E-state index in [-0.39, 0.29) is 12.3 Å². The van der Waals surface area contributed by atoms with E-state index in [0.717, 1.165) is 0 Å². The zero-order valence-electron chi connectivity index (χ0n) is 8.29. The summed E-state index contributed by atoms with van der Waals surface area (Å²) in [6.07, 6.45) is 0. The molecular weight excluding hydrogens is 199 g/mol. The first-order valence-electron chi connectivity index (χ1n) is 4.63. The van der Waals surface area contributed by atoms with Crippen LogP contribution in [-0.2, 0) is 11.3 Å². The van der Waals surface area contributed by atoms with E-state index in [1.165, 1.54) is 12.1 Å². The van der Waals surface area contributed by atoms with Crippen LogP contribution >= 0.6 is 0 Å². The number of anilines is 1. The zero-order valence-corrected chi connectivity index (χ0v) is 8.29. The second-order valence-corrected chi connectivity index (χ2v) is 3.09. The van der Waals surface area contributed by atoms with Gasteiger partial charge in [-0.05, 0) is 6.92 Å². The van der Waals surface area contributed by atoms with E-state index >= 15 is 0 Å². The van der Waals surface area contributed by atoms with Gasteiger partial charge in [0.1, 0.15) is 17.9 Å². The van der Waals surface area contributed by atoms with E-state index in [1.807, 2.05) is 6.92 Å². The number of oxazole rings is 1. The SMILES string of the molecule is CCOCc1nc2cc(F)c(N)cc2o1. The van der Waals surface area contributed by atoms with Gasteiger partial charge in [-0.2, -0.15) is 0 Å². The molecule has 0 aliphatic carbocycles. The highest BCUT2D eigenvalue weighted by Crippen LogP contribution is 2.21. The van der Waals surface area contributed by atoms with Crippen molar-refractivity contribution in [3.05, 3.63) is 23.8 Å². The Morgan fingerprint density at radius 2 is 2.33 bits per heavy atom. The molecule has 0 spiro atoms. The van der Waals surface area contributed by atoms with Gasteiger partial charge in [-0.15, -0.1) is 0 Å². The molecule has 1 heterocycles. The fraction of sp³-hybridized carbons (Fsp3) is 0.300. The molecule has 80 valence electrons. The van der Waals surface area contributed by atoms with Crippen molar-refractivity contribution in [2.75, 3.05) is 12.3 Å².